The van der Waals surface area contributed by atoms with E-state index in [9.17, 15) is 4.79 Å². The average molecular weight is 218 g/mol. The van der Waals surface area contributed by atoms with E-state index in [1.807, 2.05) is 6.92 Å². The molecular weight excluding hydrogens is 200 g/mol. The first-order valence-electron chi connectivity index (χ1n) is 5.24. The van der Waals surface area contributed by atoms with Gasteiger partial charge in [-0.05, 0) is 6.42 Å². The summed E-state index contributed by atoms with van der Waals surface area (Å²) < 4.78 is 10.7. The first-order chi connectivity index (χ1) is 7.14. The maximum atomic E-state index is 11.2. The highest BCUT2D eigenvalue weighted by Crippen LogP contribution is 2.30. The predicted molar refractivity (Wildman–Crippen MR) is 52.7 cm³/mol. The molecule has 0 bridgehead atoms. The minimum absolute atomic E-state index is 0.0583. The smallest absolute Gasteiger partial charge is 0.336 e. The number of aliphatic hydroxyl groups is 1. The summed E-state index contributed by atoms with van der Waals surface area (Å²) >= 11 is 0. The predicted octanol–water partition coefficient (Wildman–Crippen LogP) is 0.408. The number of hydrogen-bond acceptors (Lipinski definition) is 4. The van der Waals surface area contributed by atoms with E-state index in [1.165, 1.54) is 0 Å². The lowest BCUT2D eigenvalue weighted by atomic mass is 9.89. The SMILES string of the molecule is CCC1CC(OCCO)(C(=O)O)CCO1. The van der Waals surface area contributed by atoms with Crippen LogP contribution in [-0.2, 0) is 14.3 Å². The Hall–Kier alpha value is -0.650. The molecular formula is C10H18O5. The third-order valence-corrected chi connectivity index (χ3v) is 2.73. The molecule has 1 aliphatic heterocycles. The number of aliphatic carboxylic acids is 1. The van der Waals surface area contributed by atoms with Gasteiger partial charge in [-0.15, -0.1) is 0 Å². The molecule has 15 heavy (non-hydrogen) atoms. The minimum atomic E-state index is -1.17. The fraction of sp³-hybridized carbons (Fsp3) is 0.900. The molecule has 1 fully saturated rings. The van der Waals surface area contributed by atoms with Crippen LogP contribution < -0.4 is 0 Å². The van der Waals surface area contributed by atoms with Crippen molar-refractivity contribution in [2.75, 3.05) is 19.8 Å². The van der Waals surface area contributed by atoms with Crippen LogP contribution in [0.3, 0.4) is 0 Å². The summed E-state index contributed by atoms with van der Waals surface area (Å²) in [4.78, 5) is 11.2. The second-order valence-electron chi connectivity index (χ2n) is 3.73. The topological polar surface area (TPSA) is 76.0 Å². The highest BCUT2D eigenvalue weighted by molar-refractivity contribution is 5.77. The van der Waals surface area contributed by atoms with E-state index in [-0.39, 0.29) is 19.3 Å². The van der Waals surface area contributed by atoms with Crippen LogP contribution in [0, 0.1) is 0 Å². The molecule has 0 aromatic carbocycles. The number of carbonyl (C=O) groups is 1. The second-order valence-corrected chi connectivity index (χ2v) is 3.73. The van der Waals surface area contributed by atoms with Crippen molar-refractivity contribution >= 4 is 5.97 Å². The van der Waals surface area contributed by atoms with Gasteiger partial charge in [0, 0.05) is 12.8 Å². The fourth-order valence-corrected chi connectivity index (χ4v) is 1.81. The molecule has 1 saturated heterocycles. The van der Waals surface area contributed by atoms with Gasteiger partial charge in [-0.2, -0.15) is 0 Å². The summed E-state index contributed by atoms with van der Waals surface area (Å²) in [5, 5.41) is 17.8. The molecule has 2 N–H and O–H groups in total. The van der Waals surface area contributed by atoms with Crippen molar-refractivity contribution in [3.05, 3.63) is 0 Å². The molecule has 2 unspecified atom stereocenters. The van der Waals surface area contributed by atoms with Crippen LogP contribution in [0.2, 0.25) is 0 Å². The molecule has 5 nitrogen and oxygen atoms in total. The zero-order valence-corrected chi connectivity index (χ0v) is 8.94. The third kappa shape index (κ3) is 2.90. The lowest BCUT2D eigenvalue weighted by Gasteiger charge is -2.37. The average Bonchev–Trinajstić information content (AvgIpc) is 2.26. The Morgan fingerprint density at radius 1 is 1.67 bits per heavy atom. The van der Waals surface area contributed by atoms with E-state index in [0.717, 1.165) is 6.42 Å². The van der Waals surface area contributed by atoms with Crippen molar-refractivity contribution < 1.29 is 24.5 Å². The fourth-order valence-electron chi connectivity index (χ4n) is 1.81. The Kier molecular flexibility index (Phi) is 4.50. The Morgan fingerprint density at radius 3 is 2.93 bits per heavy atom. The molecule has 2 atom stereocenters. The van der Waals surface area contributed by atoms with Crippen LogP contribution in [0.25, 0.3) is 0 Å². The first-order valence-corrected chi connectivity index (χ1v) is 5.24. The normalized spacial score (nSPS) is 31.5. The Morgan fingerprint density at radius 2 is 2.40 bits per heavy atom. The van der Waals surface area contributed by atoms with E-state index in [1.54, 1.807) is 0 Å². The number of hydrogen-bond donors (Lipinski definition) is 2. The van der Waals surface area contributed by atoms with Gasteiger partial charge in [0.1, 0.15) is 0 Å². The largest absolute Gasteiger partial charge is 0.479 e. The van der Waals surface area contributed by atoms with Crippen LogP contribution in [0.4, 0.5) is 0 Å². The molecule has 88 valence electrons. The standard InChI is InChI=1S/C10H18O5/c1-2-8-7-10(9(12)13,3-5-14-8)15-6-4-11/h8,11H,2-7H2,1H3,(H,12,13). The molecule has 1 heterocycles. The minimum Gasteiger partial charge on any atom is -0.479 e. The summed E-state index contributed by atoms with van der Waals surface area (Å²) in [5.41, 5.74) is -1.17. The highest BCUT2D eigenvalue weighted by atomic mass is 16.5. The molecule has 0 aromatic rings. The Bertz CT molecular complexity index is 218. The van der Waals surface area contributed by atoms with E-state index in [2.05, 4.69) is 0 Å². The molecule has 0 radical (unpaired) electrons. The van der Waals surface area contributed by atoms with Crippen LogP contribution in [0.5, 0.6) is 0 Å². The second kappa shape index (κ2) is 5.44. The number of carboxylic acid groups (broad SMARTS) is 1. The summed E-state index contributed by atoms with van der Waals surface area (Å²) in [6.45, 7) is 2.25. The van der Waals surface area contributed by atoms with Crippen molar-refractivity contribution in [2.24, 2.45) is 0 Å². The van der Waals surface area contributed by atoms with Crippen LogP contribution in [0.15, 0.2) is 0 Å². The number of carboxylic acids is 1. The summed E-state index contributed by atoms with van der Waals surface area (Å²) in [6.07, 6.45) is 1.42. The zero-order chi connectivity index (χ0) is 11.3. The number of ether oxygens (including phenoxy) is 2. The number of aliphatic hydroxyl groups excluding tert-OH is 1. The van der Waals surface area contributed by atoms with Gasteiger partial charge in [-0.25, -0.2) is 4.79 Å². The third-order valence-electron chi connectivity index (χ3n) is 2.73. The summed E-state index contributed by atoms with van der Waals surface area (Å²) in [5.74, 6) is -0.960. The molecule has 1 aliphatic rings. The molecule has 1 rings (SSSR count). The Labute approximate surface area is 89.0 Å². The van der Waals surface area contributed by atoms with Crippen LogP contribution in [-0.4, -0.2) is 47.7 Å². The van der Waals surface area contributed by atoms with E-state index in [4.69, 9.17) is 19.7 Å². The molecule has 0 aliphatic carbocycles. The van der Waals surface area contributed by atoms with E-state index >= 15 is 0 Å². The van der Waals surface area contributed by atoms with Gasteiger partial charge in [-0.3, -0.25) is 0 Å². The van der Waals surface area contributed by atoms with Crippen LogP contribution in [0.1, 0.15) is 26.2 Å². The van der Waals surface area contributed by atoms with Gasteiger partial charge in [0.25, 0.3) is 0 Å². The van der Waals surface area contributed by atoms with Gasteiger partial charge in [0.05, 0.1) is 25.9 Å². The molecule has 0 amide bonds. The molecule has 0 saturated carbocycles. The first kappa shape index (κ1) is 12.4. The lowest BCUT2D eigenvalue weighted by molar-refractivity contribution is -0.187. The quantitative estimate of drug-likeness (QED) is 0.699. The van der Waals surface area contributed by atoms with Gasteiger partial charge in [-0.1, -0.05) is 6.92 Å². The van der Waals surface area contributed by atoms with Crippen molar-refractivity contribution in [3.8, 4) is 0 Å². The number of rotatable bonds is 5. The summed E-state index contributed by atoms with van der Waals surface area (Å²) in [6, 6.07) is 0. The molecule has 0 aromatic heterocycles. The maximum absolute atomic E-state index is 11.2. The van der Waals surface area contributed by atoms with E-state index in [0.29, 0.717) is 19.4 Å². The molecule has 0 spiro atoms. The van der Waals surface area contributed by atoms with Crippen molar-refractivity contribution in [2.45, 2.75) is 37.9 Å². The van der Waals surface area contributed by atoms with Crippen molar-refractivity contribution in [1.82, 2.24) is 0 Å². The monoisotopic (exact) mass is 218 g/mol. The highest BCUT2D eigenvalue weighted by Gasteiger charge is 2.44. The maximum Gasteiger partial charge on any atom is 0.336 e. The summed E-state index contributed by atoms with van der Waals surface area (Å²) in [7, 11) is 0. The molecule has 5 heteroatoms. The van der Waals surface area contributed by atoms with Crippen molar-refractivity contribution in [1.29, 1.82) is 0 Å². The van der Waals surface area contributed by atoms with Crippen molar-refractivity contribution in [3.63, 3.8) is 0 Å². The van der Waals surface area contributed by atoms with Gasteiger partial charge < -0.3 is 19.7 Å². The van der Waals surface area contributed by atoms with Gasteiger partial charge in [0.15, 0.2) is 5.60 Å². The van der Waals surface area contributed by atoms with Crippen LogP contribution >= 0.6 is 0 Å². The Balaban J connectivity index is 2.66. The van der Waals surface area contributed by atoms with Gasteiger partial charge >= 0.3 is 5.97 Å². The lowest BCUT2D eigenvalue weighted by Crippen LogP contribution is -2.49. The van der Waals surface area contributed by atoms with Gasteiger partial charge in [0.2, 0.25) is 0 Å². The van der Waals surface area contributed by atoms with E-state index < -0.39 is 11.6 Å². The zero-order valence-electron chi connectivity index (χ0n) is 8.94.